The Balaban J connectivity index is 1.49. The third kappa shape index (κ3) is 4.27. The number of benzene rings is 2. The largest absolute Gasteiger partial charge is 0.394 e. The molecule has 8 nitrogen and oxygen atoms in total. The summed E-state index contributed by atoms with van der Waals surface area (Å²) in [5, 5.41) is 22.4. The number of aliphatic hydroxyl groups excluding tert-OH is 1. The lowest BCUT2D eigenvalue weighted by Gasteiger charge is -2.28. The maximum atomic E-state index is 14.2. The van der Waals surface area contributed by atoms with E-state index < -0.39 is 28.5 Å². The van der Waals surface area contributed by atoms with Gasteiger partial charge < -0.3 is 21.1 Å². The number of hydrogen-bond donors (Lipinski definition) is 3. The number of anilines is 2. The number of aromatic nitrogens is 2. The Morgan fingerprint density at radius 1 is 1.25 bits per heavy atom. The molecule has 2 atom stereocenters. The number of nitrogens with zero attached hydrogens (tertiary/aromatic N) is 4. The van der Waals surface area contributed by atoms with Crippen LogP contribution in [0.15, 0.2) is 48.7 Å². The summed E-state index contributed by atoms with van der Waals surface area (Å²) in [6, 6.07) is 12.1. The summed E-state index contributed by atoms with van der Waals surface area (Å²) in [6.07, 6.45) is 3.36. The van der Waals surface area contributed by atoms with E-state index in [9.17, 15) is 23.9 Å². The molecule has 5 rings (SSSR count). The van der Waals surface area contributed by atoms with Gasteiger partial charge in [-0.15, -0.1) is 0 Å². The minimum atomic E-state index is -0.836. The van der Waals surface area contributed by atoms with E-state index in [1.165, 1.54) is 18.3 Å². The lowest BCUT2D eigenvalue weighted by molar-refractivity contribution is 0.102. The number of carbonyl (C=O) groups excluding carboxylic acids is 1. The van der Waals surface area contributed by atoms with Crippen LogP contribution in [-0.2, 0) is 5.41 Å². The van der Waals surface area contributed by atoms with Crippen LogP contribution < -0.4 is 16.0 Å². The first kappa shape index (κ1) is 23.8. The molecule has 1 saturated heterocycles. The summed E-state index contributed by atoms with van der Waals surface area (Å²) in [5.41, 5.74) is 7.05. The number of hydrogen-bond acceptors (Lipinski definition) is 7. The summed E-state index contributed by atoms with van der Waals surface area (Å²) >= 11 is 0. The zero-order valence-corrected chi connectivity index (χ0v) is 19.3. The zero-order chi connectivity index (χ0) is 25.4. The second kappa shape index (κ2) is 9.26. The van der Waals surface area contributed by atoms with Gasteiger partial charge in [-0.3, -0.25) is 4.79 Å². The number of nitrogens with two attached hydrogens (primary N) is 1. The number of carbonyl (C=O) groups is 1. The van der Waals surface area contributed by atoms with Crippen LogP contribution in [0, 0.1) is 23.0 Å². The van der Waals surface area contributed by atoms with Gasteiger partial charge in [-0.05, 0) is 55.2 Å². The van der Waals surface area contributed by atoms with Crippen LogP contribution >= 0.6 is 0 Å². The second-order valence-electron chi connectivity index (χ2n) is 9.23. The number of amides is 1. The fraction of sp³-hybridized carbons (Fsp3) is 0.308. The minimum absolute atomic E-state index is 0.0785. The molecule has 0 bridgehead atoms. The number of halogens is 2. The Labute approximate surface area is 206 Å². The van der Waals surface area contributed by atoms with Crippen molar-refractivity contribution in [2.75, 3.05) is 23.4 Å². The quantitative estimate of drug-likeness (QED) is 0.484. The summed E-state index contributed by atoms with van der Waals surface area (Å²) < 4.78 is 28.5. The van der Waals surface area contributed by atoms with Gasteiger partial charge in [0.05, 0.1) is 41.1 Å². The Morgan fingerprint density at radius 3 is 2.67 bits per heavy atom. The summed E-state index contributed by atoms with van der Waals surface area (Å²) in [4.78, 5) is 23.1. The maximum Gasteiger partial charge on any atom is 0.274 e. The number of rotatable bonds is 6. The molecule has 1 amide bonds. The highest BCUT2D eigenvalue weighted by atomic mass is 19.1. The third-order valence-corrected chi connectivity index (χ3v) is 6.80. The van der Waals surface area contributed by atoms with E-state index in [1.807, 2.05) is 11.0 Å². The van der Waals surface area contributed by atoms with Crippen LogP contribution in [0.25, 0.3) is 11.4 Å². The van der Waals surface area contributed by atoms with E-state index in [1.54, 1.807) is 12.1 Å². The molecule has 4 N–H and O–H groups in total. The van der Waals surface area contributed by atoms with E-state index in [4.69, 9.17) is 5.73 Å². The standard InChI is InChI=1S/C26H24F2N6O2/c27-18-2-1-3-19(28)23(18)24-31-9-6-21(32-24)25(36)33-20-5-4-15(26(14-29)7-8-26)10-22(20)34-12-16(30)11-17(34)13-35/h1-6,9-10,16-17,35H,7-8,11-13,30H2,(H,33,36). The second-order valence-corrected chi connectivity index (χ2v) is 9.23. The molecule has 3 aromatic rings. The van der Waals surface area contributed by atoms with E-state index in [0.29, 0.717) is 24.3 Å². The average molecular weight is 491 g/mol. The Morgan fingerprint density at radius 2 is 2.00 bits per heavy atom. The molecule has 184 valence electrons. The fourth-order valence-corrected chi connectivity index (χ4v) is 4.69. The molecule has 2 aliphatic rings. The highest BCUT2D eigenvalue weighted by Crippen LogP contribution is 2.49. The van der Waals surface area contributed by atoms with Crippen LogP contribution in [0.1, 0.15) is 35.3 Å². The molecule has 2 fully saturated rings. The molecule has 1 aliphatic carbocycles. The van der Waals surface area contributed by atoms with Gasteiger partial charge in [0.15, 0.2) is 5.82 Å². The molecule has 1 aliphatic heterocycles. The van der Waals surface area contributed by atoms with Gasteiger partial charge in [0.2, 0.25) is 0 Å². The Hall–Kier alpha value is -3.94. The van der Waals surface area contributed by atoms with Crippen molar-refractivity contribution in [3.63, 3.8) is 0 Å². The van der Waals surface area contributed by atoms with Crippen molar-refractivity contribution in [1.82, 2.24) is 9.97 Å². The minimum Gasteiger partial charge on any atom is -0.394 e. The van der Waals surface area contributed by atoms with Crippen LogP contribution in [0.2, 0.25) is 0 Å². The molecule has 2 heterocycles. The Bertz CT molecular complexity index is 1350. The lowest BCUT2D eigenvalue weighted by Crippen LogP contribution is -2.34. The molecule has 1 saturated carbocycles. The highest BCUT2D eigenvalue weighted by molar-refractivity contribution is 6.05. The Kier molecular flexibility index (Phi) is 6.12. The lowest BCUT2D eigenvalue weighted by atomic mass is 9.96. The van der Waals surface area contributed by atoms with Gasteiger partial charge in [-0.1, -0.05) is 12.1 Å². The van der Waals surface area contributed by atoms with Crippen molar-refractivity contribution in [3.8, 4) is 17.5 Å². The topological polar surface area (TPSA) is 128 Å². The molecule has 10 heteroatoms. The van der Waals surface area contributed by atoms with Crippen molar-refractivity contribution in [2.24, 2.45) is 5.73 Å². The molecule has 2 unspecified atom stereocenters. The average Bonchev–Trinajstić information content (AvgIpc) is 3.59. The van der Waals surface area contributed by atoms with Crippen molar-refractivity contribution in [3.05, 3.63) is 71.6 Å². The zero-order valence-electron chi connectivity index (χ0n) is 19.3. The van der Waals surface area contributed by atoms with Crippen molar-refractivity contribution < 1.29 is 18.7 Å². The van der Waals surface area contributed by atoms with Gasteiger partial charge in [-0.2, -0.15) is 5.26 Å². The van der Waals surface area contributed by atoms with E-state index in [2.05, 4.69) is 21.4 Å². The van der Waals surface area contributed by atoms with Gasteiger partial charge in [0, 0.05) is 18.8 Å². The van der Waals surface area contributed by atoms with E-state index >= 15 is 0 Å². The van der Waals surface area contributed by atoms with Crippen LogP contribution in [0.3, 0.4) is 0 Å². The number of aliphatic hydroxyl groups is 1. The molecule has 0 spiro atoms. The molecular weight excluding hydrogens is 466 g/mol. The summed E-state index contributed by atoms with van der Waals surface area (Å²) in [6.45, 7) is 0.361. The number of nitriles is 1. The van der Waals surface area contributed by atoms with Crippen LogP contribution in [0.5, 0.6) is 0 Å². The monoisotopic (exact) mass is 490 g/mol. The first-order valence-electron chi connectivity index (χ1n) is 11.6. The number of nitrogens with one attached hydrogen (secondary N) is 1. The van der Waals surface area contributed by atoms with Crippen molar-refractivity contribution in [1.29, 1.82) is 5.26 Å². The third-order valence-electron chi connectivity index (χ3n) is 6.80. The highest BCUT2D eigenvalue weighted by Gasteiger charge is 2.45. The first-order valence-corrected chi connectivity index (χ1v) is 11.6. The first-order chi connectivity index (χ1) is 17.3. The maximum absolute atomic E-state index is 14.2. The smallest absolute Gasteiger partial charge is 0.274 e. The molecule has 2 aromatic carbocycles. The van der Waals surface area contributed by atoms with Crippen molar-refractivity contribution in [2.45, 2.75) is 36.8 Å². The van der Waals surface area contributed by atoms with Crippen LogP contribution in [0.4, 0.5) is 20.2 Å². The molecule has 1 aromatic heterocycles. The van der Waals surface area contributed by atoms with E-state index in [0.717, 1.165) is 30.5 Å². The van der Waals surface area contributed by atoms with Gasteiger partial charge in [0.1, 0.15) is 17.3 Å². The predicted octanol–water partition coefficient (Wildman–Crippen LogP) is 3.13. The van der Waals surface area contributed by atoms with Gasteiger partial charge in [-0.25, -0.2) is 18.7 Å². The fourth-order valence-electron chi connectivity index (χ4n) is 4.69. The van der Waals surface area contributed by atoms with E-state index in [-0.39, 0.29) is 30.2 Å². The normalized spacial score (nSPS) is 20.1. The molecule has 36 heavy (non-hydrogen) atoms. The summed E-state index contributed by atoms with van der Waals surface area (Å²) in [5.74, 6) is -2.52. The van der Waals surface area contributed by atoms with Gasteiger partial charge >= 0.3 is 0 Å². The SMILES string of the molecule is N#CC1(c2ccc(NC(=O)c3ccnc(-c4c(F)cccc4F)n3)c(N3CC(N)CC3CO)c2)CC1. The van der Waals surface area contributed by atoms with Crippen molar-refractivity contribution >= 4 is 17.3 Å². The van der Waals surface area contributed by atoms with Crippen LogP contribution in [-0.4, -0.2) is 46.2 Å². The molecular formula is C26H24F2N6O2. The molecule has 0 radical (unpaired) electrons. The van der Waals surface area contributed by atoms with Gasteiger partial charge in [0.25, 0.3) is 5.91 Å². The predicted molar refractivity (Wildman–Crippen MR) is 129 cm³/mol. The summed E-state index contributed by atoms with van der Waals surface area (Å²) in [7, 11) is 0.